The molecule has 0 spiro atoms. The van der Waals surface area contributed by atoms with Gasteiger partial charge in [-0.05, 0) is 65.1 Å². The SMILES string of the molecule is C=C(N=C(N=C(C)c1ccc2c(c1)sc1ccccc12)c1ccc2c(c1)sc1ccccc12)c1cccc(-c2ccc(-c3ccccc3)cc2)c1. The van der Waals surface area contributed by atoms with Crippen molar-refractivity contribution in [2.45, 2.75) is 6.92 Å². The second-order valence-corrected chi connectivity index (χ2v) is 14.9. The van der Waals surface area contributed by atoms with E-state index in [-0.39, 0.29) is 0 Å². The fourth-order valence-corrected chi connectivity index (χ4v) is 9.04. The van der Waals surface area contributed by atoms with E-state index in [0.29, 0.717) is 11.5 Å². The fraction of sp³-hybridized carbons (Fsp3) is 0.0213. The van der Waals surface area contributed by atoms with Crippen molar-refractivity contribution in [2.24, 2.45) is 9.98 Å². The van der Waals surface area contributed by atoms with Gasteiger partial charge in [0.05, 0.1) is 5.70 Å². The Hall–Kier alpha value is -5.94. The van der Waals surface area contributed by atoms with E-state index in [9.17, 15) is 0 Å². The zero-order valence-electron chi connectivity index (χ0n) is 28.0. The zero-order valence-corrected chi connectivity index (χ0v) is 29.6. The molecule has 0 atom stereocenters. The third-order valence-electron chi connectivity index (χ3n) is 9.47. The highest BCUT2D eigenvalue weighted by Crippen LogP contribution is 2.36. The van der Waals surface area contributed by atoms with Crippen LogP contribution in [0.3, 0.4) is 0 Å². The van der Waals surface area contributed by atoms with Crippen LogP contribution in [0.25, 0.3) is 68.3 Å². The molecule has 0 unspecified atom stereocenters. The first-order valence-corrected chi connectivity index (χ1v) is 18.6. The topological polar surface area (TPSA) is 24.7 Å². The zero-order chi connectivity index (χ0) is 34.3. The maximum atomic E-state index is 5.24. The molecular formula is C47H32N2S2. The minimum absolute atomic E-state index is 0.644. The van der Waals surface area contributed by atoms with Crippen LogP contribution in [-0.2, 0) is 0 Å². The molecule has 9 aromatic rings. The number of nitrogens with zero attached hydrogens (tertiary/aromatic N) is 2. The van der Waals surface area contributed by atoms with Crippen molar-refractivity contribution in [1.29, 1.82) is 0 Å². The Labute approximate surface area is 305 Å². The lowest BCUT2D eigenvalue weighted by atomic mass is 9.99. The van der Waals surface area contributed by atoms with Gasteiger partial charge in [-0.15, -0.1) is 22.7 Å². The van der Waals surface area contributed by atoms with Crippen LogP contribution in [0.15, 0.2) is 180 Å². The highest BCUT2D eigenvalue weighted by Gasteiger charge is 2.13. The highest BCUT2D eigenvalue weighted by molar-refractivity contribution is 7.26. The van der Waals surface area contributed by atoms with E-state index in [0.717, 1.165) is 33.5 Å². The van der Waals surface area contributed by atoms with Gasteiger partial charge in [0.1, 0.15) is 0 Å². The minimum Gasteiger partial charge on any atom is -0.233 e. The lowest BCUT2D eigenvalue weighted by Crippen LogP contribution is -2.04. The van der Waals surface area contributed by atoms with Crippen LogP contribution in [0.5, 0.6) is 0 Å². The van der Waals surface area contributed by atoms with Gasteiger partial charge in [0.25, 0.3) is 0 Å². The van der Waals surface area contributed by atoms with Crippen molar-refractivity contribution in [3.63, 3.8) is 0 Å². The van der Waals surface area contributed by atoms with E-state index < -0.39 is 0 Å². The van der Waals surface area contributed by atoms with Crippen molar-refractivity contribution in [3.05, 3.63) is 187 Å². The lowest BCUT2D eigenvalue weighted by molar-refractivity contribution is 1.45. The van der Waals surface area contributed by atoms with Crippen molar-refractivity contribution < 1.29 is 0 Å². The van der Waals surface area contributed by atoms with Gasteiger partial charge in [-0.25, -0.2) is 9.98 Å². The van der Waals surface area contributed by atoms with Gasteiger partial charge in [-0.3, -0.25) is 0 Å². The molecule has 9 rings (SSSR count). The molecule has 0 saturated carbocycles. The van der Waals surface area contributed by atoms with Crippen LogP contribution >= 0.6 is 22.7 Å². The molecule has 242 valence electrons. The molecule has 4 heteroatoms. The Bertz CT molecular complexity index is 2820. The summed E-state index contributed by atoms with van der Waals surface area (Å²) in [6, 6.07) is 58.1. The molecule has 0 aliphatic rings. The summed E-state index contributed by atoms with van der Waals surface area (Å²) in [6.45, 7) is 6.54. The monoisotopic (exact) mass is 688 g/mol. The molecule has 0 bridgehead atoms. The fourth-order valence-electron chi connectivity index (χ4n) is 6.75. The number of amidine groups is 1. The van der Waals surface area contributed by atoms with E-state index in [1.54, 1.807) is 11.3 Å². The average molecular weight is 689 g/mol. The van der Waals surface area contributed by atoms with Crippen molar-refractivity contribution in [2.75, 3.05) is 0 Å². The number of hydrogen-bond acceptors (Lipinski definition) is 3. The predicted molar refractivity (Wildman–Crippen MR) is 224 cm³/mol. The van der Waals surface area contributed by atoms with E-state index in [4.69, 9.17) is 9.98 Å². The summed E-state index contributed by atoms with van der Waals surface area (Å²) in [5, 5.41) is 5.10. The Morgan fingerprint density at radius 2 is 0.922 bits per heavy atom. The highest BCUT2D eigenvalue weighted by atomic mass is 32.1. The van der Waals surface area contributed by atoms with Crippen LogP contribution in [0, 0.1) is 0 Å². The predicted octanol–water partition coefficient (Wildman–Crippen LogP) is 13.7. The molecule has 0 N–H and O–H groups in total. The van der Waals surface area contributed by atoms with Crippen molar-refractivity contribution in [3.8, 4) is 22.3 Å². The largest absolute Gasteiger partial charge is 0.233 e. The Morgan fingerprint density at radius 3 is 1.59 bits per heavy atom. The molecule has 0 fully saturated rings. The summed E-state index contributed by atoms with van der Waals surface area (Å²) in [6.07, 6.45) is 0. The van der Waals surface area contributed by atoms with Crippen LogP contribution in [0.4, 0.5) is 0 Å². The maximum absolute atomic E-state index is 5.24. The minimum atomic E-state index is 0.644. The van der Waals surface area contributed by atoms with Gasteiger partial charge >= 0.3 is 0 Å². The van der Waals surface area contributed by atoms with Crippen LogP contribution < -0.4 is 0 Å². The van der Waals surface area contributed by atoms with Crippen LogP contribution in [0.2, 0.25) is 0 Å². The second-order valence-electron chi connectivity index (χ2n) is 12.7. The molecule has 2 nitrogen and oxygen atoms in total. The lowest BCUT2D eigenvalue weighted by Gasteiger charge is -2.10. The maximum Gasteiger partial charge on any atom is 0.160 e. The molecule has 2 heterocycles. The number of benzene rings is 7. The molecule has 2 aromatic heterocycles. The first-order valence-electron chi connectivity index (χ1n) is 17.0. The molecule has 0 saturated heterocycles. The number of rotatable bonds is 6. The van der Waals surface area contributed by atoms with E-state index in [2.05, 4.69) is 171 Å². The van der Waals surface area contributed by atoms with Crippen LogP contribution in [0.1, 0.15) is 23.6 Å². The van der Waals surface area contributed by atoms with E-state index >= 15 is 0 Å². The molecule has 51 heavy (non-hydrogen) atoms. The Morgan fingerprint density at radius 1 is 0.412 bits per heavy atom. The van der Waals surface area contributed by atoms with Gasteiger partial charge in [0.2, 0.25) is 0 Å². The normalized spacial score (nSPS) is 12.3. The molecule has 0 aliphatic heterocycles. The van der Waals surface area contributed by atoms with Crippen LogP contribution in [-0.4, -0.2) is 11.5 Å². The first kappa shape index (κ1) is 31.1. The smallest absolute Gasteiger partial charge is 0.160 e. The summed E-state index contributed by atoms with van der Waals surface area (Å²) >= 11 is 3.62. The van der Waals surface area contributed by atoms with Gasteiger partial charge in [-0.1, -0.05) is 140 Å². The second kappa shape index (κ2) is 13.1. The average Bonchev–Trinajstić information content (AvgIpc) is 3.75. The quantitative estimate of drug-likeness (QED) is 0.123. The number of aliphatic imine (C=N–C) groups is 2. The summed E-state index contributed by atoms with van der Waals surface area (Å²) in [5.41, 5.74) is 9.25. The Kier molecular flexibility index (Phi) is 7.96. The molecule has 0 radical (unpaired) electrons. The third-order valence-corrected chi connectivity index (χ3v) is 11.7. The summed E-state index contributed by atoms with van der Waals surface area (Å²) in [5.74, 6) is 0.644. The summed E-state index contributed by atoms with van der Waals surface area (Å²) in [4.78, 5) is 10.4. The molecule has 0 aliphatic carbocycles. The number of fused-ring (bicyclic) bond motifs is 6. The van der Waals surface area contributed by atoms with E-state index in [1.165, 1.54) is 51.5 Å². The Balaban J connectivity index is 1.11. The molecule has 0 amide bonds. The van der Waals surface area contributed by atoms with E-state index in [1.807, 2.05) is 17.4 Å². The number of thiophene rings is 2. The van der Waals surface area contributed by atoms with Crippen molar-refractivity contribution in [1.82, 2.24) is 0 Å². The van der Waals surface area contributed by atoms with Crippen molar-refractivity contribution >= 4 is 80.3 Å². The number of hydrogen-bond donors (Lipinski definition) is 0. The van der Waals surface area contributed by atoms with Gasteiger partial charge in [0, 0.05) is 57.2 Å². The standard InChI is InChI=1S/C47H32N2S2/c1-30(35-13-10-14-37(27-35)34-21-19-33(20-22-34)32-11-4-3-5-12-32)48-47(38-24-26-42-40-16-7-9-18-44(40)51-46(42)29-38)49-31(2)36-23-25-41-39-15-6-8-17-43(39)50-45(41)28-36/h3-29H,1H2,2H3. The molecular weight excluding hydrogens is 657 g/mol. The molecule has 7 aromatic carbocycles. The summed E-state index contributed by atoms with van der Waals surface area (Å²) < 4.78 is 5.04. The summed E-state index contributed by atoms with van der Waals surface area (Å²) in [7, 11) is 0. The van der Waals surface area contributed by atoms with Gasteiger partial charge in [-0.2, -0.15) is 0 Å². The van der Waals surface area contributed by atoms with Gasteiger partial charge in [0.15, 0.2) is 5.84 Å². The van der Waals surface area contributed by atoms with Gasteiger partial charge < -0.3 is 0 Å². The third kappa shape index (κ3) is 5.99. The first-order chi connectivity index (χ1) is 25.1.